The van der Waals surface area contributed by atoms with Gasteiger partial charge < -0.3 is 4.74 Å². The van der Waals surface area contributed by atoms with E-state index in [-0.39, 0.29) is 11.1 Å². The lowest BCUT2D eigenvalue weighted by atomic mass is 9.93. The van der Waals surface area contributed by atoms with Gasteiger partial charge in [-0.2, -0.15) is 5.26 Å². The Kier molecular flexibility index (Phi) is 3.62. The lowest BCUT2D eigenvalue weighted by molar-refractivity contribution is 0.235. The number of nitriles is 1. The number of ether oxygens (including phenoxy) is 1. The van der Waals surface area contributed by atoms with Crippen molar-refractivity contribution in [2.75, 3.05) is 6.61 Å². The molecule has 4 heteroatoms. The first-order valence-corrected chi connectivity index (χ1v) is 4.87. The third-order valence-corrected chi connectivity index (χ3v) is 1.86. The molecule has 0 fully saturated rings. The summed E-state index contributed by atoms with van der Waals surface area (Å²) in [6.45, 7) is 6.96. The quantitative estimate of drug-likeness (QED) is 0.758. The highest BCUT2D eigenvalue weighted by Crippen LogP contribution is 2.19. The van der Waals surface area contributed by atoms with Crippen molar-refractivity contribution < 1.29 is 4.74 Å². The number of rotatable bonds is 3. The van der Waals surface area contributed by atoms with E-state index in [1.807, 2.05) is 6.07 Å². The molecule has 0 spiro atoms. The van der Waals surface area contributed by atoms with Crippen molar-refractivity contribution in [2.24, 2.45) is 5.41 Å². The standard InChI is InChI=1S/C11H15N3O/c1-11(2,3)4-7-15-10-9(8-12)13-5-6-14-10/h5-6H,4,7H2,1-3H3. The van der Waals surface area contributed by atoms with Crippen LogP contribution in [0.15, 0.2) is 12.4 Å². The van der Waals surface area contributed by atoms with Crippen molar-refractivity contribution in [1.82, 2.24) is 9.97 Å². The van der Waals surface area contributed by atoms with Crippen LogP contribution >= 0.6 is 0 Å². The minimum atomic E-state index is 0.217. The molecule has 0 saturated heterocycles. The van der Waals surface area contributed by atoms with E-state index in [1.54, 1.807) is 0 Å². The molecule has 1 rings (SSSR count). The summed E-state index contributed by atoms with van der Waals surface area (Å²) < 4.78 is 5.41. The predicted molar refractivity (Wildman–Crippen MR) is 56.3 cm³/mol. The topological polar surface area (TPSA) is 58.8 Å². The van der Waals surface area contributed by atoms with Crippen LogP contribution in [0.3, 0.4) is 0 Å². The number of aromatic nitrogens is 2. The zero-order valence-electron chi connectivity index (χ0n) is 9.32. The Morgan fingerprint density at radius 1 is 1.33 bits per heavy atom. The molecule has 4 nitrogen and oxygen atoms in total. The summed E-state index contributed by atoms with van der Waals surface area (Å²) in [6, 6.07) is 1.94. The van der Waals surface area contributed by atoms with Crippen molar-refractivity contribution >= 4 is 0 Å². The first kappa shape index (κ1) is 11.4. The summed E-state index contributed by atoms with van der Waals surface area (Å²) in [6.07, 6.45) is 3.91. The molecule has 0 bridgehead atoms. The van der Waals surface area contributed by atoms with Gasteiger partial charge in [0.05, 0.1) is 6.61 Å². The van der Waals surface area contributed by atoms with Gasteiger partial charge in [-0.15, -0.1) is 0 Å². The fourth-order valence-electron chi connectivity index (χ4n) is 0.961. The number of hydrogen-bond donors (Lipinski definition) is 0. The first-order valence-electron chi connectivity index (χ1n) is 4.87. The largest absolute Gasteiger partial charge is 0.476 e. The van der Waals surface area contributed by atoms with Crippen molar-refractivity contribution in [3.05, 3.63) is 18.1 Å². The zero-order chi connectivity index (χ0) is 11.3. The van der Waals surface area contributed by atoms with Crippen LogP contribution in [0, 0.1) is 16.7 Å². The SMILES string of the molecule is CC(C)(C)CCOc1nccnc1C#N. The average Bonchev–Trinajstić information content (AvgIpc) is 2.16. The van der Waals surface area contributed by atoms with E-state index in [2.05, 4.69) is 30.7 Å². The van der Waals surface area contributed by atoms with Crippen LogP contribution in [-0.2, 0) is 0 Å². The summed E-state index contributed by atoms with van der Waals surface area (Å²) in [4.78, 5) is 7.83. The molecule has 0 aromatic carbocycles. The molecule has 1 aromatic heterocycles. The predicted octanol–water partition coefficient (Wildman–Crippen LogP) is 2.16. The maximum atomic E-state index is 8.75. The second-order valence-electron chi connectivity index (χ2n) is 4.48. The van der Waals surface area contributed by atoms with Gasteiger partial charge >= 0.3 is 0 Å². The molecule has 0 N–H and O–H groups in total. The van der Waals surface area contributed by atoms with Crippen LogP contribution in [-0.4, -0.2) is 16.6 Å². The average molecular weight is 205 g/mol. The van der Waals surface area contributed by atoms with Gasteiger partial charge in [0.25, 0.3) is 5.88 Å². The van der Waals surface area contributed by atoms with E-state index in [1.165, 1.54) is 12.4 Å². The van der Waals surface area contributed by atoms with Gasteiger partial charge in [-0.05, 0) is 11.8 Å². The molecule has 0 aliphatic carbocycles. The Balaban J connectivity index is 2.55. The van der Waals surface area contributed by atoms with E-state index in [0.29, 0.717) is 12.5 Å². The van der Waals surface area contributed by atoms with Crippen LogP contribution in [0.1, 0.15) is 32.9 Å². The molecule has 0 aliphatic heterocycles. The maximum Gasteiger partial charge on any atom is 0.251 e. The Hall–Kier alpha value is -1.63. The number of hydrogen-bond acceptors (Lipinski definition) is 4. The summed E-state index contributed by atoms with van der Waals surface area (Å²) >= 11 is 0. The van der Waals surface area contributed by atoms with E-state index < -0.39 is 0 Å². The molecule has 1 aromatic rings. The second kappa shape index (κ2) is 4.74. The van der Waals surface area contributed by atoms with Crippen molar-refractivity contribution in [1.29, 1.82) is 5.26 Å². The summed E-state index contributed by atoms with van der Waals surface area (Å²) in [5.41, 5.74) is 0.459. The Bertz CT molecular complexity index is 363. The van der Waals surface area contributed by atoms with Crippen LogP contribution in [0.4, 0.5) is 0 Å². The van der Waals surface area contributed by atoms with Crippen LogP contribution < -0.4 is 4.74 Å². The lowest BCUT2D eigenvalue weighted by Gasteiger charge is -2.17. The van der Waals surface area contributed by atoms with E-state index in [4.69, 9.17) is 10.00 Å². The molecule has 1 heterocycles. The van der Waals surface area contributed by atoms with Crippen molar-refractivity contribution in [3.63, 3.8) is 0 Å². The fraction of sp³-hybridized carbons (Fsp3) is 0.545. The van der Waals surface area contributed by atoms with Gasteiger partial charge in [0.2, 0.25) is 5.69 Å². The molecule has 0 aliphatic rings. The van der Waals surface area contributed by atoms with Crippen LogP contribution in [0.5, 0.6) is 5.88 Å². The number of nitrogens with zero attached hydrogens (tertiary/aromatic N) is 3. The Morgan fingerprint density at radius 3 is 2.60 bits per heavy atom. The van der Waals surface area contributed by atoms with Gasteiger partial charge in [-0.3, -0.25) is 0 Å². The Labute approximate surface area is 89.9 Å². The molecule has 15 heavy (non-hydrogen) atoms. The fourth-order valence-corrected chi connectivity index (χ4v) is 0.961. The highest BCUT2D eigenvalue weighted by molar-refractivity contribution is 5.29. The molecule has 0 atom stereocenters. The minimum absolute atomic E-state index is 0.217. The zero-order valence-corrected chi connectivity index (χ0v) is 9.32. The molecular formula is C11H15N3O. The van der Waals surface area contributed by atoms with Crippen molar-refractivity contribution in [2.45, 2.75) is 27.2 Å². The van der Waals surface area contributed by atoms with Gasteiger partial charge in [0.15, 0.2) is 0 Å². The van der Waals surface area contributed by atoms with E-state index in [0.717, 1.165) is 6.42 Å². The highest BCUT2D eigenvalue weighted by Gasteiger charge is 2.11. The van der Waals surface area contributed by atoms with E-state index in [9.17, 15) is 0 Å². The van der Waals surface area contributed by atoms with Gasteiger partial charge in [-0.25, -0.2) is 9.97 Å². The lowest BCUT2D eigenvalue weighted by Crippen LogP contribution is -2.12. The summed E-state index contributed by atoms with van der Waals surface area (Å²) in [5.74, 6) is 0.323. The van der Waals surface area contributed by atoms with Crippen molar-refractivity contribution in [3.8, 4) is 11.9 Å². The highest BCUT2D eigenvalue weighted by atomic mass is 16.5. The van der Waals surface area contributed by atoms with Gasteiger partial charge in [0.1, 0.15) is 6.07 Å². The normalized spacial score (nSPS) is 10.8. The molecular weight excluding hydrogens is 190 g/mol. The van der Waals surface area contributed by atoms with Gasteiger partial charge in [0, 0.05) is 12.4 Å². The Morgan fingerprint density at radius 2 is 2.00 bits per heavy atom. The molecule has 0 amide bonds. The van der Waals surface area contributed by atoms with Crippen LogP contribution in [0.25, 0.3) is 0 Å². The monoisotopic (exact) mass is 205 g/mol. The first-order chi connectivity index (χ1) is 7.03. The second-order valence-corrected chi connectivity index (χ2v) is 4.48. The molecule has 80 valence electrons. The third-order valence-electron chi connectivity index (χ3n) is 1.86. The molecule has 0 radical (unpaired) electrons. The molecule has 0 unspecified atom stereocenters. The van der Waals surface area contributed by atoms with E-state index >= 15 is 0 Å². The smallest absolute Gasteiger partial charge is 0.251 e. The third kappa shape index (κ3) is 3.94. The summed E-state index contributed by atoms with van der Waals surface area (Å²) in [5, 5.41) is 8.75. The maximum absolute atomic E-state index is 8.75. The molecule has 0 saturated carbocycles. The minimum Gasteiger partial charge on any atom is -0.476 e. The van der Waals surface area contributed by atoms with Crippen LogP contribution in [0.2, 0.25) is 0 Å². The van der Waals surface area contributed by atoms with Gasteiger partial charge in [-0.1, -0.05) is 20.8 Å². The summed E-state index contributed by atoms with van der Waals surface area (Å²) in [7, 11) is 0.